The fourth-order valence-corrected chi connectivity index (χ4v) is 3.74. The lowest BCUT2D eigenvalue weighted by molar-refractivity contribution is 0.552. The SMILES string of the molecule is CCNC(Cc1csc2ccccc12)c1ccc(C)cc1. The lowest BCUT2D eigenvalue weighted by Crippen LogP contribution is -2.22. The fraction of sp³-hybridized carbons (Fsp3) is 0.263. The van der Waals surface area contributed by atoms with Gasteiger partial charge in [0.25, 0.3) is 0 Å². The van der Waals surface area contributed by atoms with Crippen molar-refractivity contribution in [1.29, 1.82) is 0 Å². The van der Waals surface area contributed by atoms with Gasteiger partial charge in [-0.05, 0) is 47.8 Å². The summed E-state index contributed by atoms with van der Waals surface area (Å²) in [6, 6.07) is 18.0. The third kappa shape index (κ3) is 3.17. The van der Waals surface area contributed by atoms with Gasteiger partial charge in [0.15, 0.2) is 0 Å². The van der Waals surface area contributed by atoms with Gasteiger partial charge >= 0.3 is 0 Å². The van der Waals surface area contributed by atoms with E-state index >= 15 is 0 Å². The highest BCUT2D eigenvalue weighted by molar-refractivity contribution is 7.17. The Bertz CT molecular complexity index is 712. The Labute approximate surface area is 130 Å². The van der Waals surface area contributed by atoms with E-state index in [9.17, 15) is 0 Å². The molecule has 0 fully saturated rings. The first-order chi connectivity index (χ1) is 10.3. The average Bonchev–Trinajstić information content (AvgIpc) is 2.91. The van der Waals surface area contributed by atoms with E-state index in [1.165, 1.54) is 26.8 Å². The van der Waals surface area contributed by atoms with Gasteiger partial charge in [0.2, 0.25) is 0 Å². The molecule has 0 amide bonds. The second-order valence-electron chi connectivity index (χ2n) is 5.48. The monoisotopic (exact) mass is 295 g/mol. The molecule has 21 heavy (non-hydrogen) atoms. The second kappa shape index (κ2) is 6.42. The lowest BCUT2D eigenvalue weighted by atomic mass is 9.97. The predicted octanol–water partition coefficient (Wildman–Crippen LogP) is 5.10. The molecule has 0 aliphatic heterocycles. The summed E-state index contributed by atoms with van der Waals surface area (Å²) in [6.07, 6.45) is 1.04. The van der Waals surface area contributed by atoms with E-state index in [-0.39, 0.29) is 0 Å². The zero-order chi connectivity index (χ0) is 14.7. The number of hydrogen-bond acceptors (Lipinski definition) is 2. The number of aryl methyl sites for hydroxylation is 1. The summed E-state index contributed by atoms with van der Waals surface area (Å²) in [5.74, 6) is 0. The molecular formula is C19H21NS. The lowest BCUT2D eigenvalue weighted by Gasteiger charge is -2.18. The number of likely N-dealkylation sites (N-methyl/N-ethyl adjacent to an activating group) is 1. The number of benzene rings is 2. The smallest absolute Gasteiger partial charge is 0.0361 e. The van der Waals surface area contributed by atoms with Crippen molar-refractivity contribution < 1.29 is 0 Å². The Hall–Kier alpha value is -1.64. The van der Waals surface area contributed by atoms with Crippen molar-refractivity contribution in [3.63, 3.8) is 0 Å². The average molecular weight is 295 g/mol. The molecule has 3 aromatic rings. The zero-order valence-corrected chi connectivity index (χ0v) is 13.4. The van der Waals surface area contributed by atoms with Gasteiger partial charge in [-0.3, -0.25) is 0 Å². The van der Waals surface area contributed by atoms with Crippen LogP contribution in [0.1, 0.15) is 29.7 Å². The minimum Gasteiger partial charge on any atom is -0.310 e. The van der Waals surface area contributed by atoms with E-state index in [0.717, 1.165) is 13.0 Å². The summed E-state index contributed by atoms with van der Waals surface area (Å²) in [4.78, 5) is 0. The standard InChI is InChI=1S/C19H21NS/c1-3-20-18(15-10-8-14(2)9-11-15)12-16-13-21-19-7-5-4-6-17(16)19/h4-11,13,18,20H,3,12H2,1-2H3. The van der Waals surface area contributed by atoms with Crippen molar-refractivity contribution in [2.45, 2.75) is 26.3 Å². The zero-order valence-electron chi connectivity index (χ0n) is 12.6. The van der Waals surface area contributed by atoms with Crippen LogP contribution in [0.25, 0.3) is 10.1 Å². The first-order valence-electron chi connectivity index (χ1n) is 7.53. The number of hydrogen-bond donors (Lipinski definition) is 1. The Balaban J connectivity index is 1.89. The maximum atomic E-state index is 3.63. The van der Waals surface area contributed by atoms with Gasteiger partial charge in [-0.25, -0.2) is 0 Å². The van der Waals surface area contributed by atoms with Gasteiger partial charge in [0, 0.05) is 10.7 Å². The first kappa shape index (κ1) is 14.3. The van der Waals surface area contributed by atoms with E-state index in [0.29, 0.717) is 6.04 Å². The van der Waals surface area contributed by atoms with Crippen LogP contribution in [0.5, 0.6) is 0 Å². The number of fused-ring (bicyclic) bond motifs is 1. The molecule has 1 atom stereocenters. The quantitative estimate of drug-likeness (QED) is 0.690. The van der Waals surface area contributed by atoms with E-state index < -0.39 is 0 Å². The fourth-order valence-electron chi connectivity index (χ4n) is 2.76. The van der Waals surface area contributed by atoms with Crippen LogP contribution in [0.3, 0.4) is 0 Å². The molecule has 1 heterocycles. The molecule has 1 unspecified atom stereocenters. The van der Waals surface area contributed by atoms with Gasteiger partial charge < -0.3 is 5.32 Å². The molecule has 0 spiro atoms. The van der Waals surface area contributed by atoms with Crippen LogP contribution in [-0.2, 0) is 6.42 Å². The Morgan fingerprint density at radius 3 is 2.57 bits per heavy atom. The molecular weight excluding hydrogens is 274 g/mol. The third-order valence-electron chi connectivity index (χ3n) is 3.92. The molecule has 2 heteroatoms. The van der Waals surface area contributed by atoms with Crippen LogP contribution in [-0.4, -0.2) is 6.54 Å². The van der Waals surface area contributed by atoms with Crippen molar-refractivity contribution in [1.82, 2.24) is 5.32 Å². The minimum absolute atomic E-state index is 0.383. The highest BCUT2D eigenvalue weighted by Gasteiger charge is 2.13. The Kier molecular flexibility index (Phi) is 4.37. The van der Waals surface area contributed by atoms with Gasteiger partial charge in [-0.1, -0.05) is 55.0 Å². The summed E-state index contributed by atoms with van der Waals surface area (Å²) in [5.41, 5.74) is 4.13. The molecule has 3 rings (SSSR count). The molecule has 0 aliphatic carbocycles. The van der Waals surface area contributed by atoms with E-state index in [1.54, 1.807) is 0 Å². The van der Waals surface area contributed by atoms with Crippen molar-refractivity contribution in [2.75, 3.05) is 6.54 Å². The van der Waals surface area contributed by atoms with Crippen LogP contribution in [0.15, 0.2) is 53.9 Å². The van der Waals surface area contributed by atoms with Crippen molar-refractivity contribution in [3.05, 3.63) is 70.6 Å². The van der Waals surface area contributed by atoms with E-state index in [4.69, 9.17) is 0 Å². The first-order valence-corrected chi connectivity index (χ1v) is 8.41. The molecule has 0 saturated carbocycles. The summed E-state index contributed by atoms with van der Waals surface area (Å²) in [6.45, 7) is 5.30. The van der Waals surface area contributed by atoms with Crippen LogP contribution >= 0.6 is 11.3 Å². The molecule has 1 aromatic heterocycles. The van der Waals surface area contributed by atoms with Crippen molar-refractivity contribution in [3.8, 4) is 0 Å². The maximum Gasteiger partial charge on any atom is 0.0361 e. The molecule has 108 valence electrons. The molecule has 2 aromatic carbocycles. The summed E-state index contributed by atoms with van der Waals surface area (Å²) in [5, 5.41) is 7.34. The van der Waals surface area contributed by atoms with Gasteiger partial charge in [0.05, 0.1) is 0 Å². The highest BCUT2D eigenvalue weighted by Crippen LogP contribution is 2.29. The minimum atomic E-state index is 0.383. The maximum absolute atomic E-state index is 3.63. The molecule has 0 saturated heterocycles. The number of thiophene rings is 1. The molecule has 0 aliphatic rings. The topological polar surface area (TPSA) is 12.0 Å². The molecule has 0 bridgehead atoms. The largest absolute Gasteiger partial charge is 0.310 e. The van der Waals surface area contributed by atoms with Crippen LogP contribution in [0.2, 0.25) is 0 Å². The second-order valence-corrected chi connectivity index (χ2v) is 6.39. The van der Waals surface area contributed by atoms with E-state index in [1.807, 2.05) is 11.3 Å². The van der Waals surface area contributed by atoms with Crippen LogP contribution in [0, 0.1) is 6.92 Å². The Morgan fingerprint density at radius 2 is 1.81 bits per heavy atom. The highest BCUT2D eigenvalue weighted by atomic mass is 32.1. The van der Waals surface area contributed by atoms with Crippen LogP contribution < -0.4 is 5.32 Å². The molecule has 1 nitrogen and oxygen atoms in total. The van der Waals surface area contributed by atoms with Gasteiger partial charge in [-0.15, -0.1) is 11.3 Å². The van der Waals surface area contributed by atoms with Crippen molar-refractivity contribution in [2.24, 2.45) is 0 Å². The van der Waals surface area contributed by atoms with Crippen LogP contribution in [0.4, 0.5) is 0 Å². The number of nitrogens with one attached hydrogen (secondary N) is 1. The normalized spacial score (nSPS) is 12.7. The molecule has 0 radical (unpaired) electrons. The predicted molar refractivity (Wildman–Crippen MR) is 93.1 cm³/mol. The number of rotatable bonds is 5. The third-order valence-corrected chi connectivity index (χ3v) is 4.93. The Morgan fingerprint density at radius 1 is 1.05 bits per heavy atom. The van der Waals surface area contributed by atoms with Gasteiger partial charge in [0.1, 0.15) is 0 Å². The summed E-state index contributed by atoms with van der Waals surface area (Å²) in [7, 11) is 0. The van der Waals surface area contributed by atoms with Gasteiger partial charge in [-0.2, -0.15) is 0 Å². The summed E-state index contributed by atoms with van der Waals surface area (Å²) < 4.78 is 1.38. The van der Waals surface area contributed by atoms with E-state index in [2.05, 4.69) is 73.1 Å². The van der Waals surface area contributed by atoms with Crippen molar-refractivity contribution >= 4 is 21.4 Å². The molecule has 1 N–H and O–H groups in total. The summed E-state index contributed by atoms with van der Waals surface area (Å²) >= 11 is 1.84.